The maximum absolute atomic E-state index is 11.8. The predicted molar refractivity (Wildman–Crippen MR) is 62.6 cm³/mol. The number of nitrogens with one attached hydrogen (secondary N) is 1. The summed E-state index contributed by atoms with van der Waals surface area (Å²) in [4.78, 5) is 12.0. The second-order valence-electron chi connectivity index (χ2n) is 4.03. The minimum Gasteiger partial charge on any atom is -0.468 e. The van der Waals surface area contributed by atoms with E-state index in [1.165, 1.54) is 6.26 Å². The molecule has 0 saturated carbocycles. The fraction of sp³-hybridized carbons (Fsp3) is 0.545. The van der Waals surface area contributed by atoms with Gasteiger partial charge in [-0.3, -0.25) is 9.00 Å². The Bertz CT molecular complexity index is 384. The number of aryl methyl sites for hydroxylation is 1. The Morgan fingerprint density at radius 1 is 1.56 bits per heavy atom. The molecule has 1 aromatic heterocycles. The number of carbonyl (C=O) groups is 1. The van der Waals surface area contributed by atoms with Crippen molar-refractivity contribution in [1.29, 1.82) is 0 Å². The number of rotatable bonds is 5. The lowest BCUT2D eigenvalue weighted by Gasteiger charge is -2.06. The summed E-state index contributed by atoms with van der Waals surface area (Å²) in [5, 5.41) is 2.73. The summed E-state index contributed by atoms with van der Waals surface area (Å²) >= 11 is 0. The van der Waals surface area contributed by atoms with Crippen molar-refractivity contribution in [3.8, 4) is 0 Å². The van der Waals surface area contributed by atoms with E-state index in [0.29, 0.717) is 23.1 Å². The molecule has 0 aliphatic rings. The minimum atomic E-state index is -1.31. The van der Waals surface area contributed by atoms with Gasteiger partial charge in [0.25, 0.3) is 0 Å². The van der Waals surface area contributed by atoms with Crippen LogP contribution in [0.1, 0.15) is 19.6 Å². The van der Waals surface area contributed by atoms with E-state index in [1.54, 1.807) is 13.0 Å². The predicted octanol–water partition coefficient (Wildman–Crippen LogP) is 1.47. The van der Waals surface area contributed by atoms with Crippen LogP contribution in [0.4, 0.5) is 0 Å². The first-order valence-corrected chi connectivity index (χ1v) is 6.51. The highest BCUT2D eigenvalue weighted by Gasteiger charge is 2.13. The van der Waals surface area contributed by atoms with Crippen LogP contribution in [0.15, 0.2) is 21.6 Å². The summed E-state index contributed by atoms with van der Waals surface area (Å²) in [5.41, 5.74) is 0. The second-order valence-corrected chi connectivity index (χ2v) is 5.45. The molecule has 0 spiro atoms. The van der Waals surface area contributed by atoms with Crippen LogP contribution in [0.25, 0.3) is 0 Å². The van der Waals surface area contributed by atoms with Gasteiger partial charge in [0, 0.05) is 6.54 Å². The van der Waals surface area contributed by atoms with Crippen LogP contribution in [0.3, 0.4) is 0 Å². The Balaban J connectivity index is 2.46. The van der Waals surface area contributed by atoms with Gasteiger partial charge in [0.05, 0.1) is 22.0 Å². The highest BCUT2D eigenvalue weighted by molar-refractivity contribution is 7.85. The minimum absolute atomic E-state index is 0.00685. The molecule has 0 aromatic carbocycles. The Kier molecular flexibility index (Phi) is 4.73. The topological polar surface area (TPSA) is 59.3 Å². The average Bonchev–Trinajstić information content (AvgIpc) is 2.61. The summed E-state index contributed by atoms with van der Waals surface area (Å²) in [6, 6.07) is 1.64. The van der Waals surface area contributed by atoms with E-state index in [-0.39, 0.29) is 11.7 Å². The van der Waals surface area contributed by atoms with Crippen LogP contribution in [0, 0.1) is 12.8 Å². The summed E-state index contributed by atoms with van der Waals surface area (Å²) in [6.07, 6.45) is 1.48. The van der Waals surface area contributed by atoms with E-state index in [9.17, 15) is 9.00 Å². The maximum Gasteiger partial charge on any atom is 0.233 e. The standard InChI is InChI=1S/C11H17NO3S/c1-8(2)6-12-11(13)7-16(14)10-4-5-15-9(10)3/h4-5,8H,6-7H2,1-3H3,(H,12,13). The fourth-order valence-corrected chi connectivity index (χ4v) is 2.25. The molecule has 0 bridgehead atoms. The third-order valence-electron chi connectivity index (χ3n) is 2.03. The smallest absolute Gasteiger partial charge is 0.233 e. The molecule has 0 aliphatic carbocycles. The van der Waals surface area contributed by atoms with Gasteiger partial charge in [-0.25, -0.2) is 0 Å². The van der Waals surface area contributed by atoms with Crippen molar-refractivity contribution in [2.24, 2.45) is 5.92 Å². The van der Waals surface area contributed by atoms with E-state index in [0.717, 1.165) is 0 Å². The number of hydrogen-bond acceptors (Lipinski definition) is 3. The SMILES string of the molecule is Cc1occc1S(=O)CC(=O)NCC(C)C. The lowest BCUT2D eigenvalue weighted by atomic mass is 10.2. The van der Waals surface area contributed by atoms with Crippen molar-refractivity contribution in [2.75, 3.05) is 12.3 Å². The molecule has 4 nitrogen and oxygen atoms in total. The monoisotopic (exact) mass is 243 g/mol. The summed E-state index contributed by atoms with van der Waals surface area (Å²) in [7, 11) is -1.31. The van der Waals surface area contributed by atoms with E-state index < -0.39 is 10.8 Å². The van der Waals surface area contributed by atoms with Crippen molar-refractivity contribution < 1.29 is 13.4 Å². The van der Waals surface area contributed by atoms with Crippen LogP contribution in [-0.2, 0) is 15.6 Å². The third kappa shape index (κ3) is 3.81. The highest BCUT2D eigenvalue weighted by atomic mass is 32.2. The number of furan rings is 1. The molecule has 0 saturated heterocycles. The molecule has 1 unspecified atom stereocenters. The first kappa shape index (κ1) is 13.0. The van der Waals surface area contributed by atoms with Crippen LogP contribution in [-0.4, -0.2) is 22.4 Å². The van der Waals surface area contributed by atoms with Gasteiger partial charge >= 0.3 is 0 Å². The van der Waals surface area contributed by atoms with Crippen molar-refractivity contribution in [3.05, 3.63) is 18.1 Å². The Morgan fingerprint density at radius 2 is 2.25 bits per heavy atom. The lowest BCUT2D eigenvalue weighted by molar-refractivity contribution is -0.118. The van der Waals surface area contributed by atoms with Crippen LogP contribution in [0.2, 0.25) is 0 Å². The average molecular weight is 243 g/mol. The molecule has 0 radical (unpaired) electrons. The van der Waals surface area contributed by atoms with Crippen LogP contribution < -0.4 is 5.32 Å². The van der Waals surface area contributed by atoms with E-state index >= 15 is 0 Å². The Morgan fingerprint density at radius 3 is 2.75 bits per heavy atom. The number of hydrogen-bond donors (Lipinski definition) is 1. The highest BCUT2D eigenvalue weighted by Crippen LogP contribution is 2.13. The molecule has 1 atom stereocenters. The molecule has 16 heavy (non-hydrogen) atoms. The molecule has 90 valence electrons. The van der Waals surface area contributed by atoms with Crippen molar-refractivity contribution in [1.82, 2.24) is 5.32 Å². The normalized spacial score (nSPS) is 12.8. The zero-order chi connectivity index (χ0) is 12.1. The van der Waals surface area contributed by atoms with Crippen molar-refractivity contribution in [2.45, 2.75) is 25.7 Å². The Hall–Kier alpha value is -1.10. The molecular formula is C11H17NO3S. The van der Waals surface area contributed by atoms with E-state index in [1.807, 2.05) is 13.8 Å². The fourth-order valence-electron chi connectivity index (χ4n) is 1.18. The van der Waals surface area contributed by atoms with Gasteiger partial charge in [0.2, 0.25) is 5.91 Å². The van der Waals surface area contributed by atoms with E-state index in [4.69, 9.17) is 4.42 Å². The molecule has 1 N–H and O–H groups in total. The summed E-state index contributed by atoms with van der Waals surface area (Å²) in [6.45, 7) is 6.37. The van der Waals surface area contributed by atoms with Gasteiger partial charge in [0.15, 0.2) is 0 Å². The van der Waals surface area contributed by atoms with Gasteiger partial charge in [-0.1, -0.05) is 13.8 Å². The zero-order valence-corrected chi connectivity index (χ0v) is 10.6. The van der Waals surface area contributed by atoms with Gasteiger partial charge in [-0.05, 0) is 18.9 Å². The summed E-state index contributed by atoms with van der Waals surface area (Å²) < 4.78 is 16.8. The molecule has 0 aliphatic heterocycles. The molecule has 1 rings (SSSR count). The van der Waals surface area contributed by atoms with Crippen LogP contribution in [0.5, 0.6) is 0 Å². The van der Waals surface area contributed by atoms with Gasteiger partial charge < -0.3 is 9.73 Å². The first-order chi connectivity index (χ1) is 7.50. The number of carbonyl (C=O) groups excluding carboxylic acids is 1. The van der Waals surface area contributed by atoms with E-state index in [2.05, 4.69) is 5.32 Å². The Labute approximate surface area is 97.9 Å². The third-order valence-corrected chi connectivity index (χ3v) is 3.46. The quantitative estimate of drug-likeness (QED) is 0.852. The molecule has 1 amide bonds. The van der Waals surface area contributed by atoms with Crippen LogP contribution >= 0.6 is 0 Å². The molecule has 0 fully saturated rings. The molecule has 1 aromatic rings. The molecule has 5 heteroatoms. The maximum atomic E-state index is 11.8. The van der Waals surface area contributed by atoms with Crippen molar-refractivity contribution >= 4 is 16.7 Å². The molecule has 1 heterocycles. The van der Waals surface area contributed by atoms with Crippen molar-refractivity contribution in [3.63, 3.8) is 0 Å². The van der Waals surface area contributed by atoms with Gasteiger partial charge in [-0.15, -0.1) is 0 Å². The zero-order valence-electron chi connectivity index (χ0n) is 9.78. The lowest BCUT2D eigenvalue weighted by Crippen LogP contribution is -2.31. The first-order valence-electron chi connectivity index (χ1n) is 5.20. The number of amides is 1. The van der Waals surface area contributed by atoms with Gasteiger partial charge in [-0.2, -0.15) is 0 Å². The molecular weight excluding hydrogens is 226 g/mol. The second kappa shape index (κ2) is 5.84. The van der Waals surface area contributed by atoms with Gasteiger partial charge in [0.1, 0.15) is 11.5 Å². The largest absolute Gasteiger partial charge is 0.468 e. The summed E-state index contributed by atoms with van der Waals surface area (Å²) in [5.74, 6) is 0.809.